The van der Waals surface area contributed by atoms with Crippen LogP contribution in [0, 0.1) is 0 Å². The van der Waals surface area contributed by atoms with Gasteiger partial charge in [0.25, 0.3) is 0 Å². The fourth-order valence-electron chi connectivity index (χ4n) is 5.05. The van der Waals surface area contributed by atoms with Crippen molar-refractivity contribution in [2.45, 2.75) is 56.5 Å². The van der Waals surface area contributed by atoms with Crippen molar-refractivity contribution >= 4 is 29.7 Å². The van der Waals surface area contributed by atoms with Crippen LogP contribution in [-0.2, 0) is 14.3 Å². The van der Waals surface area contributed by atoms with Gasteiger partial charge in [0.1, 0.15) is 6.61 Å². The first kappa shape index (κ1) is 25.1. The zero-order valence-corrected chi connectivity index (χ0v) is 20.7. The summed E-state index contributed by atoms with van der Waals surface area (Å²) in [6.07, 6.45) is 1.30. The summed E-state index contributed by atoms with van der Waals surface area (Å²) in [4.78, 5) is 36.8. The first-order chi connectivity index (χ1) is 16.9. The van der Waals surface area contributed by atoms with E-state index in [0.717, 1.165) is 22.6 Å². The van der Waals surface area contributed by atoms with Crippen molar-refractivity contribution in [1.82, 2.24) is 10.6 Å². The molecule has 8 heteroatoms. The molecule has 2 aromatic rings. The summed E-state index contributed by atoms with van der Waals surface area (Å²) in [6.45, 7) is 2.06. The molecule has 1 unspecified atom stereocenters. The van der Waals surface area contributed by atoms with Crippen LogP contribution in [0.25, 0.3) is 11.1 Å². The Kier molecular flexibility index (Phi) is 8.00. The summed E-state index contributed by atoms with van der Waals surface area (Å²) in [5.74, 6) is 0.448. The number of hydrogen-bond acceptors (Lipinski definition) is 5. The number of alkyl carbamates (subject to hydrolysis) is 1. The Labute approximate surface area is 210 Å². The van der Waals surface area contributed by atoms with Crippen LogP contribution in [0.1, 0.15) is 56.1 Å². The van der Waals surface area contributed by atoms with Gasteiger partial charge in [-0.25, -0.2) is 4.79 Å². The van der Waals surface area contributed by atoms with E-state index in [4.69, 9.17) is 9.84 Å². The molecule has 4 rings (SSSR count). The number of rotatable bonds is 9. The number of carboxylic acids is 1. The second-order valence-corrected chi connectivity index (χ2v) is 10.5. The molecular formula is C27H32N2O5S. The molecule has 7 nitrogen and oxygen atoms in total. The Morgan fingerprint density at radius 2 is 1.66 bits per heavy atom. The van der Waals surface area contributed by atoms with E-state index in [-0.39, 0.29) is 31.3 Å². The first-order valence-corrected chi connectivity index (χ1v) is 13.3. The van der Waals surface area contributed by atoms with Gasteiger partial charge >= 0.3 is 12.1 Å². The minimum Gasteiger partial charge on any atom is -0.481 e. The molecular weight excluding hydrogens is 464 g/mol. The molecule has 3 N–H and O–H groups in total. The second kappa shape index (κ2) is 11.2. The average molecular weight is 497 g/mol. The van der Waals surface area contributed by atoms with Gasteiger partial charge in [0.2, 0.25) is 5.91 Å². The van der Waals surface area contributed by atoms with Gasteiger partial charge in [-0.3, -0.25) is 9.59 Å². The normalized spacial score (nSPS) is 17.1. The molecule has 0 bridgehead atoms. The van der Waals surface area contributed by atoms with E-state index in [1.807, 2.05) is 31.2 Å². The van der Waals surface area contributed by atoms with Gasteiger partial charge in [0, 0.05) is 18.4 Å². The van der Waals surface area contributed by atoms with Crippen molar-refractivity contribution < 1.29 is 24.2 Å². The van der Waals surface area contributed by atoms with Crippen molar-refractivity contribution in [2.75, 3.05) is 18.1 Å². The zero-order chi connectivity index (χ0) is 24.8. The summed E-state index contributed by atoms with van der Waals surface area (Å²) in [6, 6.07) is 15.9. The molecule has 1 heterocycles. The zero-order valence-electron chi connectivity index (χ0n) is 19.9. The topological polar surface area (TPSA) is 105 Å². The van der Waals surface area contributed by atoms with E-state index in [9.17, 15) is 14.4 Å². The van der Waals surface area contributed by atoms with Crippen LogP contribution in [-0.4, -0.2) is 52.8 Å². The van der Waals surface area contributed by atoms with Crippen molar-refractivity contribution in [3.63, 3.8) is 0 Å². The first-order valence-electron chi connectivity index (χ1n) is 12.1. The second-order valence-electron chi connectivity index (χ2n) is 9.29. The Morgan fingerprint density at radius 1 is 1.06 bits per heavy atom. The molecule has 0 radical (unpaired) electrons. The number of aliphatic carboxylic acids is 1. The van der Waals surface area contributed by atoms with E-state index in [2.05, 4.69) is 34.9 Å². The summed E-state index contributed by atoms with van der Waals surface area (Å²) in [5, 5.41) is 14.9. The summed E-state index contributed by atoms with van der Waals surface area (Å²) >= 11 is 1.79. The van der Waals surface area contributed by atoms with Gasteiger partial charge in [-0.15, -0.1) is 0 Å². The number of carbonyl (C=O) groups is 3. The predicted octanol–water partition coefficient (Wildman–Crippen LogP) is 4.55. The van der Waals surface area contributed by atoms with E-state index >= 15 is 0 Å². The molecule has 2 aliphatic rings. The van der Waals surface area contributed by atoms with Crippen molar-refractivity contribution in [2.24, 2.45) is 0 Å². The lowest BCUT2D eigenvalue weighted by Gasteiger charge is -2.37. The van der Waals surface area contributed by atoms with Crippen LogP contribution < -0.4 is 10.6 Å². The predicted molar refractivity (Wildman–Crippen MR) is 137 cm³/mol. The number of fused-ring (bicyclic) bond motifs is 3. The highest BCUT2D eigenvalue weighted by Crippen LogP contribution is 2.44. The number of benzene rings is 2. The SMILES string of the molecule is CCC(CC(=O)O)NC(=O)CC1(NC(=O)OCC2c3ccccc3-c3ccccc32)CCSCC1. The molecule has 1 atom stereocenters. The van der Waals surface area contributed by atoms with Crippen LogP contribution >= 0.6 is 11.8 Å². The highest BCUT2D eigenvalue weighted by Gasteiger charge is 2.37. The molecule has 0 saturated carbocycles. The number of amides is 2. The molecule has 2 aromatic carbocycles. The molecule has 1 saturated heterocycles. The molecule has 1 fully saturated rings. The maximum absolute atomic E-state index is 13.0. The lowest BCUT2D eigenvalue weighted by Crippen LogP contribution is -2.54. The van der Waals surface area contributed by atoms with Gasteiger partial charge in [0.05, 0.1) is 12.0 Å². The molecule has 1 aliphatic carbocycles. The highest BCUT2D eigenvalue weighted by atomic mass is 32.2. The third-order valence-electron chi connectivity index (χ3n) is 6.94. The third kappa shape index (κ3) is 5.99. The maximum atomic E-state index is 13.0. The van der Waals surface area contributed by atoms with Crippen LogP contribution in [0.15, 0.2) is 48.5 Å². The van der Waals surface area contributed by atoms with Gasteiger partial charge in [-0.05, 0) is 53.0 Å². The number of nitrogens with one attached hydrogen (secondary N) is 2. The monoisotopic (exact) mass is 496 g/mol. The summed E-state index contributed by atoms with van der Waals surface area (Å²) < 4.78 is 5.74. The molecule has 2 amide bonds. The largest absolute Gasteiger partial charge is 0.481 e. The molecule has 186 valence electrons. The smallest absolute Gasteiger partial charge is 0.407 e. The third-order valence-corrected chi connectivity index (χ3v) is 7.92. The summed E-state index contributed by atoms with van der Waals surface area (Å²) in [5.41, 5.74) is 3.93. The van der Waals surface area contributed by atoms with Crippen molar-refractivity contribution in [1.29, 1.82) is 0 Å². The minimum atomic E-state index is -0.947. The van der Waals surface area contributed by atoms with Gasteiger partial charge in [-0.2, -0.15) is 11.8 Å². The van der Waals surface area contributed by atoms with Crippen LogP contribution in [0.3, 0.4) is 0 Å². The molecule has 35 heavy (non-hydrogen) atoms. The highest BCUT2D eigenvalue weighted by molar-refractivity contribution is 7.99. The lowest BCUT2D eigenvalue weighted by molar-refractivity contribution is -0.137. The fraction of sp³-hybridized carbons (Fsp3) is 0.444. The van der Waals surface area contributed by atoms with E-state index in [1.54, 1.807) is 11.8 Å². The molecule has 1 aliphatic heterocycles. The van der Waals surface area contributed by atoms with Gasteiger partial charge in [0.15, 0.2) is 0 Å². The number of thioether (sulfide) groups is 1. The van der Waals surface area contributed by atoms with Crippen LogP contribution in [0.2, 0.25) is 0 Å². The average Bonchev–Trinajstić information content (AvgIpc) is 3.16. The number of ether oxygens (including phenoxy) is 1. The van der Waals surface area contributed by atoms with Crippen molar-refractivity contribution in [3.05, 3.63) is 59.7 Å². The lowest BCUT2D eigenvalue weighted by atomic mass is 9.88. The van der Waals surface area contributed by atoms with E-state index in [0.29, 0.717) is 19.3 Å². The summed E-state index contributed by atoms with van der Waals surface area (Å²) in [7, 11) is 0. The van der Waals surface area contributed by atoms with Crippen LogP contribution in [0.5, 0.6) is 0 Å². The standard InChI is InChI=1S/C27H32N2O5S/c1-2-18(15-25(31)32)28-24(30)16-27(11-13-35-14-12-27)29-26(33)34-17-23-21-9-5-3-7-19(21)20-8-4-6-10-22(20)23/h3-10,18,23H,2,11-17H2,1H3,(H,28,30)(H,29,33)(H,31,32). The Balaban J connectivity index is 1.40. The minimum absolute atomic E-state index is 0.0318. The van der Waals surface area contributed by atoms with Crippen molar-refractivity contribution in [3.8, 4) is 11.1 Å². The molecule has 0 aromatic heterocycles. The van der Waals surface area contributed by atoms with Gasteiger partial charge < -0.3 is 20.5 Å². The quantitative estimate of drug-likeness (QED) is 0.470. The number of hydrogen-bond donors (Lipinski definition) is 3. The Morgan fingerprint density at radius 3 is 2.23 bits per heavy atom. The fourth-order valence-corrected chi connectivity index (χ4v) is 6.33. The van der Waals surface area contributed by atoms with Gasteiger partial charge in [-0.1, -0.05) is 55.5 Å². The maximum Gasteiger partial charge on any atom is 0.407 e. The number of carboxylic acid groups (broad SMARTS) is 1. The van der Waals surface area contributed by atoms with Crippen LogP contribution in [0.4, 0.5) is 4.79 Å². The Hall–Kier alpha value is -3.00. The number of carbonyl (C=O) groups excluding carboxylic acids is 2. The van der Waals surface area contributed by atoms with E-state index < -0.39 is 23.6 Å². The van der Waals surface area contributed by atoms with E-state index in [1.165, 1.54) is 11.1 Å². The Bertz CT molecular complexity index is 1040. The molecule has 0 spiro atoms.